The van der Waals surface area contributed by atoms with Crippen molar-refractivity contribution in [2.45, 2.75) is 49.0 Å². The maximum atomic E-state index is 13.9. The van der Waals surface area contributed by atoms with E-state index in [-0.39, 0.29) is 28.4 Å². The highest BCUT2D eigenvalue weighted by Gasteiger charge is 2.51. The fraction of sp³-hybridized carbons (Fsp3) is 0.444. The van der Waals surface area contributed by atoms with E-state index in [1.165, 1.54) is 31.0 Å². The van der Waals surface area contributed by atoms with Crippen LogP contribution in [-0.4, -0.2) is 40.6 Å². The number of ether oxygens (including phenoxy) is 1. The van der Waals surface area contributed by atoms with Crippen LogP contribution in [0.1, 0.15) is 48.9 Å². The van der Waals surface area contributed by atoms with Gasteiger partial charge in [0.05, 0.1) is 21.9 Å². The molecule has 0 radical (unpaired) electrons. The van der Waals surface area contributed by atoms with E-state index in [4.69, 9.17) is 4.74 Å². The molecule has 38 heavy (non-hydrogen) atoms. The van der Waals surface area contributed by atoms with Crippen molar-refractivity contribution in [2.24, 2.45) is 17.8 Å². The van der Waals surface area contributed by atoms with Crippen LogP contribution in [0.25, 0.3) is 0 Å². The third-order valence-electron chi connectivity index (χ3n) is 7.68. The minimum atomic E-state index is -0.858. The number of anilines is 1. The number of thioether (sulfide) groups is 1. The number of carbonyl (C=O) groups is 3. The predicted octanol–water partition coefficient (Wildman–Crippen LogP) is 4.71. The average molecular weight is 542 g/mol. The lowest BCUT2D eigenvalue weighted by molar-refractivity contribution is -0.384. The Bertz CT molecular complexity index is 1250. The molecule has 2 aromatic carbocycles. The quantitative estimate of drug-likeness (QED) is 0.204. The summed E-state index contributed by atoms with van der Waals surface area (Å²) < 4.78 is 19.0. The van der Waals surface area contributed by atoms with Gasteiger partial charge in [-0.3, -0.25) is 19.7 Å². The summed E-state index contributed by atoms with van der Waals surface area (Å²) in [5.41, 5.74) is -0.663. The van der Waals surface area contributed by atoms with E-state index in [9.17, 15) is 28.9 Å². The number of nitrogens with one attached hydrogen (secondary N) is 2. The highest BCUT2D eigenvalue weighted by Crippen LogP contribution is 2.55. The van der Waals surface area contributed by atoms with Crippen LogP contribution in [0.5, 0.6) is 0 Å². The second kappa shape index (κ2) is 10.7. The molecule has 4 saturated carbocycles. The Labute approximate surface area is 223 Å². The first-order valence-electron chi connectivity index (χ1n) is 12.6. The number of nitro benzene ring substituents is 1. The van der Waals surface area contributed by atoms with Crippen LogP contribution >= 0.6 is 11.8 Å². The van der Waals surface area contributed by atoms with Crippen LogP contribution in [0.2, 0.25) is 0 Å². The summed E-state index contributed by atoms with van der Waals surface area (Å²) in [4.78, 5) is 48.5. The minimum absolute atomic E-state index is 0.0570. The van der Waals surface area contributed by atoms with E-state index >= 15 is 0 Å². The molecule has 2 aromatic rings. The summed E-state index contributed by atoms with van der Waals surface area (Å²) >= 11 is 1.23. The highest BCUT2D eigenvalue weighted by atomic mass is 32.2. The molecule has 200 valence electrons. The number of amides is 2. The number of hydrogen-bond donors (Lipinski definition) is 2. The number of esters is 1. The van der Waals surface area contributed by atoms with Crippen LogP contribution in [0, 0.1) is 33.7 Å². The van der Waals surface area contributed by atoms with Gasteiger partial charge in [0.2, 0.25) is 5.91 Å². The molecule has 4 aliphatic carbocycles. The number of non-ortho nitro benzene ring substituents is 1. The topological polar surface area (TPSA) is 128 Å². The van der Waals surface area contributed by atoms with E-state index in [0.717, 1.165) is 55.2 Å². The predicted molar refractivity (Wildman–Crippen MR) is 138 cm³/mol. The SMILES string of the molecule is O=C(COC(=O)c1ccccc1SCC(=O)NC12CC3CC(CC(C3)C1)C2)Nc1cc([N+](=O)[O-])ccc1F. The Morgan fingerprint density at radius 1 is 1.03 bits per heavy atom. The van der Waals surface area contributed by atoms with E-state index in [2.05, 4.69) is 10.6 Å². The van der Waals surface area contributed by atoms with Crippen LogP contribution in [0.3, 0.4) is 0 Å². The largest absolute Gasteiger partial charge is 0.452 e. The zero-order valence-electron chi connectivity index (χ0n) is 20.6. The van der Waals surface area contributed by atoms with Crippen molar-refractivity contribution in [3.63, 3.8) is 0 Å². The lowest BCUT2D eigenvalue weighted by atomic mass is 9.53. The van der Waals surface area contributed by atoms with Gasteiger partial charge in [0, 0.05) is 22.6 Å². The summed E-state index contributed by atoms with van der Waals surface area (Å²) in [6.07, 6.45) is 7.04. The van der Waals surface area contributed by atoms with E-state index in [1.807, 2.05) is 0 Å². The van der Waals surface area contributed by atoms with Gasteiger partial charge < -0.3 is 15.4 Å². The maximum absolute atomic E-state index is 13.9. The maximum Gasteiger partial charge on any atom is 0.339 e. The van der Waals surface area contributed by atoms with Crippen molar-refractivity contribution in [3.8, 4) is 0 Å². The van der Waals surface area contributed by atoms with Gasteiger partial charge in [0.15, 0.2) is 6.61 Å². The van der Waals surface area contributed by atoms with Crippen LogP contribution in [-0.2, 0) is 14.3 Å². The fourth-order valence-electron chi connectivity index (χ4n) is 6.62. The van der Waals surface area contributed by atoms with Crippen LogP contribution < -0.4 is 10.6 Å². The number of benzene rings is 2. The van der Waals surface area contributed by atoms with Gasteiger partial charge in [0.25, 0.3) is 11.6 Å². The van der Waals surface area contributed by atoms with E-state index in [0.29, 0.717) is 4.90 Å². The molecule has 2 amide bonds. The van der Waals surface area contributed by atoms with Crippen molar-refractivity contribution in [1.29, 1.82) is 0 Å². The summed E-state index contributed by atoms with van der Waals surface area (Å²) in [6.45, 7) is -0.716. The molecule has 0 atom stereocenters. The summed E-state index contributed by atoms with van der Waals surface area (Å²) in [5, 5.41) is 16.4. The molecule has 0 saturated heterocycles. The number of rotatable bonds is 9. The summed E-state index contributed by atoms with van der Waals surface area (Å²) in [7, 11) is 0. The molecule has 4 aliphatic rings. The molecular formula is C27H28FN3O6S. The Morgan fingerprint density at radius 2 is 1.68 bits per heavy atom. The highest BCUT2D eigenvalue weighted by molar-refractivity contribution is 8.00. The molecular weight excluding hydrogens is 513 g/mol. The number of hydrogen-bond acceptors (Lipinski definition) is 7. The average Bonchev–Trinajstić information content (AvgIpc) is 2.86. The third kappa shape index (κ3) is 5.82. The fourth-order valence-corrected chi connectivity index (χ4v) is 7.46. The molecule has 2 N–H and O–H groups in total. The van der Waals surface area contributed by atoms with Crippen molar-refractivity contribution in [3.05, 3.63) is 64.0 Å². The van der Waals surface area contributed by atoms with Crippen LogP contribution in [0.15, 0.2) is 47.4 Å². The molecule has 0 aromatic heterocycles. The zero-order valence-corrected chi connectivity index (χ0v) is 21.4. The second-order valence-corrected chi connectivity index (χ2v) is 11.6. The van der Waals surface area contributed by atoms with Crippen molar-refractivity contribution in [1.82, 2.24) is 5.32 Å². The second-order valence-electron chi connectivity index (χ2n) is 10.6. The van der Waals surface area contributed by atoms with Crippen molar-refractivity contribution < 1.29 is 28.4 Å². The van der Waals surface area contributed by atoms with Crippen molar-refractivity contribution in [2.75, 3.05) is 17.7 Å². The Hall–Kier alpha value is -3.47. The molecule has 0 heterocycles. The van der Waals surface area contributed by atoms with Gasteiger partial charge in [-0.25, -0.2) is 9.18 Å². The molecule has 0 aliphatic heterocycles. The molecule has 9 nitrogen and oxygen atoms in total. The number of carbonyl (C=O) groups excluding carboxylic acids is 3. The molecule has 4 bridgehead atoms. The van der Waals surface area contributed by atoms with Gasteiger partial charge in [0.1, 0.15) is 5.82 Å². The summed E-state index contributed by atoms with van der Waals surface area (Å²) in [5.74, 6) is -0.232. The zero-order chi connectivity index (χ0) is 26.9. The van der Waals surface area contributed by atoms with Crippen LogP contribution in [0.4, 0.5) is 15.8 Å². The van der Waals surface area contributed by atoms with Crippen molar-refractivity contribution >= 4 is 40.9 Å². The minimum Gasteiger partial charge on any atom is -0.452 e. The third-order valence-corrected chi connectivity index (χ3v) is 8.75. The van der Waals surface area contributed by atoms with Gasteiger partial charge in [-0.15, -0.1) is 11.8 Å². The lowest BCUT2D eigenvalue weighted by Gasteiger charge is -2.56. The first-order valence-corrected chi connectivity index (χ1v) is 13.6. The Balaban J connectivity index is 1.14. The van der Waals surface area contributed by atoms with E-state index < -0.39 is 34.9 Å². The lowest BCUT2D eigenvalue weighted by Crippen LogP contribution is -2.60. The summed E-state index contributed by atoms with van der Waals surface area (Å²) in [6, 6.07) is 9.37. The number of halogens is 1. The first kappa shape index (κ1) is 26.1. The van der Waals surface area contributed by atoms with E-state index in [1.54, 1.807) is 24.3 Å². The smallest absolute Gasteiger partial charge is 0.339 e. The molecule has 6 rings (SSSR count). The molecule has 11 heteroatoms. The van der Waals surface area contributed by atoms with Gasteiger partial charge >= 0.3 is 5.97 Å². The normalized spacial score (nSPS) is 25.0. The Kier molecular flexibility index (Phi) is 7.38. The number of nitrogens with zero attached hydrogens (tertiary/aromatic N) is 1. The van der Waals surface area contributed by atoms with Gasteiger partial charge in [-0.1, -0.05) is 12.1 Å². The molecule has 4 fully saturated rings. The first-order chi connectivity index (χ1) is 18.2. The Morgan fingerprint density at radius 3 is 2.34 bits per heavy atom. The van der Waals surface area contributed by atoms with Gasteiger partial charge in [-0.05, 0) is 74.5 Å². The number of nitro groups is 1. The molecule has 0 spiro atoms. The standard InChI is InChI=1S/C27H28FN3O6S/c28-21-6-5-19(31(35)36)10-22(21)29-24(32)14-37-26(34)20-3-1-2-4-23(20)38-15-25(33)30-27-11-16-7-17(12-27)9-18(8-16)13-27/h1-6,10,16-18H,7-9,11-15H2,(H,29,32)(H,30,33). The van der Waals surface area contributed by atoms with Gasteiger partial charge in [-0.2, -0.15) is 0 Å². The monoisotopic (exact) mass is 541 g/mol. The molecule has 0 unspecified atom stereocenters.